The molecule has 1 amide bonds. The number of nitrogens with zero attached hydrogens (tertiary/aromatic N) is 4. The molecule has 7 nitrogen and oxygen atoms in total. The van der Waals surface area contributed by atoms with E-state index in [0.29, 0.717) is 17.1 Å². The van der Waals surface area contributed by atoms with Crippen LogP contribution in [0.4, 0.5) is 11.5 Å². The Balaban J connectivity index is 1.42. The highest BCUT2D eigenvalue weighted by atomic mass is 16.5. The molecule has 126 valence electrons. The summed E-state index contributed by atoms with van der Waals surface area (Å²) in [6.45, 7) is 2.07. The third-order valence-electron chi connectivity index (χ3n) is 4.20. The predicted molar refractivity (Wildman–Crippen MR) is 93.4 cm³/mol. The van der Waals surface area contributed by atoms with Gasteiger partial charge in [0.05, 0.1) is 5.56 Å². The Morgan fingerprint density at radius 2 is 1.84 bits per heavy atom. The fourth-order valence-corrected chi connectivity index (χ4v) is 2.86. The zero-order valence-electron chi connectivity index (χ0n) is 13.6. The van der Waals surface area contributed by atoms with E-state index < -0.39 is 0 Å². The number of benzene rings is 1. The number of aromatic nitrogens is 3. The van der Waals surface area contributed by atoms with Gasteiger partial charge in [0.1, 0.15) is 5.82 Å². The van der Waals surface area contributed by atoms with Gasteiger partial charge in [0.25, 0.3) is 5.91 Å². The first-order chi connectivity index (χ1) is 12.3. The minimum atomic E-state index is -0.187. The van der Waals surface area contributed by atoms with Crippen LogP contribution in [0.25, 0.3) is 11.4 Å². The average molecular weight is 335 g/mol. The molecule has 0 bridgehead atoms. The van der Waals surface area contributed by atoms with E-state index in [1.165, 1.54) is 19.2 Å². The van der Waals surface area contributed by atoms with Gasteiger partial charge in [-0.3, -0.25) is 4.79 Å². The van der Waals surface area contributed by atoms with Gasteiger partial charge in [0, 0.05) is 30.5 Å². The number of anilines is 2. The summed E-state index contributed by atoms with van der Waals surface area (Å²) in [6, 6.07) is 11.0. The summed E-state index contributed by atoms with van der Waals surface area (Å²) in [7, 11) is 0. The predicted octanol–water partition coefficient (Wildman–Crippen LogP) is 2.98. The van der Waals surface area contributed by atoms with Crippen molar-refractivity contribution in [3.8, 4) is 11.4 Å². The van der Waals surface area contributed by atoms with E-state index >= 15 is 0 Å². The molecule has 0 aliphatic carbocycles. The van der Waals surface area contributed by atoms with Gasteiger partial charge in [-0.1, -0.05) is 5.16 Å². The van der Waals surface area contributed by atoms with Gasteiger partial charge in [-0.15, -0.1) is 0 Å². The van der Waals surface area contributed by atoms with Gasteiger partial charge in [-0.2, -0.15) is 4.98 Å². The summed E-state index contributed by atoms with van der Waals surface area (Å²) in [5.74, 6) is 1.26. The molecule has 3 aromatic rings. The number of hydrogen-bond acceptors (Lipinski definition) is 6. The normalized spacial score (nSPS) is 13.8. The Kier molecular flexibility index (Phi) is 4.12. The van der Waals surface area contributed by atoms with E-state index in [-0.39, 0.29) is 5.91 Å². The molecule has 1 fully saturated rings. The van der Waals surface area contributed by atoms with E-state index in [1.54, 1.807) is 18.3 Å². The largest absolute Gasteiger partial charge is 0.357 e. The van der Waals surface area contributed by atoms with Crippen LogP contribution in [0.1, 0.15) is 23.2 Å². The number of pyridine rings is 1. The van der Waals surface area contributed by atoms with Gasteiger partial charge >= 0.3 is 0 Å². The fourth-order valence-electron chi connectivity index (χ4n) is 2.86. The summed E-state index contributed by atoms with van der Waals surface area (Å²) in [5, 5.41) is 6.64. The van der Waals surface area contributed by atoms with Crippen LogP contribution in [0.5, 0.6) is 0 Å². The molecule has 1 saturated heterocycles. The molecule has 25 heavy (non-hydrogen) atoms. The molecule has 0 radical (unpaired) electrons. The Morgan fingerprint density at radius 1 is 1.04 bits per heavy atom. The maximum Gasteiger partial charge on any atom is 0.257 e. The molecule has 3 heterocycles. The highest BCUT2D eigenvalue weighted by molar-refractivity contribution is 6.04. The summed E-state index contributed by atoms with van der Waals surface area (Å²) < 4.78 is 4.73. The molecule has 1 aliphatic heterocycles. The molecule has 0 saturated carbocycles. The molecule has 1 N–H and O–H groups in total. The van der Waals surface area contributed by atoms with E-state index in [9.17, 15) is 4.79 Å². The lowest BCUT2D eigenvalue weighted by molar-refractivity contribution is 0.102. The van der Waals surface area contributed by atoms with Gasteiger partial charge in [0.2, 0.25) is 12.2 Å². The van der Waals surface area contributed by atoms with Crippen LogP contribution in [0.15, 0.2) is 53.5 Å². The topological polar surface area (TPSA) is 84.2 Å². The van der Waals surface area contributed by atoms with Crippen LogP contribution in [0.3, 0.4) is 0 Å². The quantitative estimate of drug-likeness (QED) is 0.789. The van der Waals surface area contributed by atoms with Crippen LogP contribution in [0, 0.1) is 0 Å². The van der Waals surface area contributed by atoms with Gasteiger partial charge < -0.3 is 14.7 Å². The first kappa shape index (κ1) is 15.3. The van der Waals surface area contributed by atoms with Crippen molar-refractivity contribution in [2.24, 2.45) is 0 Å². The number of rotatable bonds is 4. The van der Waals surface area contributed by atoms with Gasteiger partial charge in [0.15, 0.2) is 0 Å². The van der Waals surface area contributed by atoms with E-state index in [4.69, 9.17) is 4.52 Å². The van der Waals surface area contributed by atoms with Gasteiger partial charge in [-0.25, -0.2) is 4.98 Å². The maximum atomic E-state index is 12.4. The second-order valence-corrected chi connectivity index (χ2v) is 5.89. The first-order valence-corrected chi connectivity index (χ1v) is 8.19. The Bertz CT molecular complexity index is 838. The molecule has 2 aromatic heterocycles. The van der Waals surface area contributed by atoms with Crippen molar-refractivity contribution in [1.82, 2.24) is 15.1 Å². The summed E-state index contributed by atoms with van der Waals surface area (Å²) in [4.78, 5) is 23.0. The Morgan fingerprint density at radius 3 is 2.48 bits per heavy atom. The lowest BCUT2D eigenvalue weighted by Gasteiger charge is -2.16. The molecule has 1 aliphatic rings. The average Bonchev–Trinajstić information content (AvgIpc) is 3.36. The highest BCUT2D eigenvalue weighted by Crippen LogP contribution is 2.20. The minimum absolute atomic E-state index is 0.187. The Hall–Kier alpha value is -3.22. The monoisotopic (exact) mass is 335 g/mol. The van der Waals surface area contributed by atoms with Crippen LogP contribution >= 0.6 is 0 Å². The smallest absolute Gasteiger partial charge is 0.257 e. The van der Waals surface area contributed by atoms with Crippen LogP contribution in [-0.4, -0.2) is 34.1 Å². The van der Waals surface area contributed by atoms with Crippen LogP contribution in [0.2, 0.25) is 0 Å². The number of carbonyl (C=O) groups is 1. The zero-order chi connectivity index (χ0) is 17.1. The number of hydrogen-bond donors (Lipinski definition) is 1. The van der Waals surface area contributed by atoms with Crippen molar-refractivity contribution in [1.29, 1.82) is 0 Å². The Labute approximate surface area is 144 Å². The lowest BCUT2D eigenvalue weighted by Crippen LogP contribution is -2.19. The van der Waals surface area contributed by atoms with E-state index in [1.807, 2.05) is 24.3 Å². The molecule has 0 unspecified atom stereocenters. The fraction of sp³-hybridized carbons (Fsp3) is 0.222. The van der Waals surface area contributed by atoms with E-state index in [0.717, 1.165) is 24.5 Å². The third-order valence-corrected chi connectivity index (χ3v) is 4.20. The minimum Gasteiger partial charge on any atom is -0.357 e. The SMILES string of the molecule is O=C(Nc1ccc(-c2ncon2)cc1)c1ccc(N2CCCC2)nc1. The van der Waals surface area contributed by atoms with Crippen molar-refractivity contribution < 1.29 is 9.32 Å². The summed E-state index contributed by atoms with van der Waals surface area (Å²) in [5.41, 5.74) is 2.05. The summed E-state index contributed by atoms with van der Waals surface area (Å²) >= 11 is 0. The second-order valence-electron chi connectivity index (χ2n) is 5.89. The second kappa shape index (κ2) is 6.72. The van der Waals surface area contributed by atoms with Crippen molar-refractivity contribution in [3.63, 3.8) is 0 Å². The van der Waals surface area contributed by atoms with Crippen molar-refractivity contribution in [2.45, 2.75) is 12.8 Å². The van der Waals surface area contributed by atoms with Gasteiger partial charge in [-0.05, 0) is 49.2 Å². The van der Waals surface area contributed by atoms with Crippen molar-refractivity contribution >= 4 is 17.4 Å². The van der Waals surface area contributed by atoms with Crippen LogP contribution < -0.4 is 10.2 Å². The summed E-state index contributed by atoms with van der Waals surface area (Å²) in [6.07, 6.45) is 5.30. The highest BCUT2D eigenvalue weighted by Gasteiger charge is 2.14. The lowest BCUT2D eigenvalue weighted by atomic mass is 10.2. The van der Waals surface area contributed by atoms with Crippen LogP contribution in [-0.2, 0) is 0 Å². The molecule has 1 aromatic carbocycles. The van der Waals surface area contributed by atoms with E-state index in [2.05, 4.69) is 25.3 Å². The molecule has 4 rings (SSSR count). The van der Waals surface area contributed by atoms with Crippen molar-refractivity contribution in [2.75, 3.05) is 23.3 Å². The molecule has 0 spiro atoms. The molecule has 0 atom stereocenters. The molecular formula is C18H17N5O2. The molecular weight excluding hydrogens is 318 g/mol. The zero-order valence-corrected chi connectivity index (χ0v) is 13.6. The first-order valence-electron chi connectivity index (χ1n) is 8.19. The number of nitrogens with one attached hydrogen (secondary N) is 1. The third kappa shape index (κ3) is 3.35. The maximum absolute atomic E-state index is 12.4. The standard InChI is InChI=1S/C18H17N5O2/c24-18(14-5-8-16(19-11-14)23-9-1-2-10-23)21-15-6-3-13(4-7-15)17-20-12-25-22-17/h3-8,11-12H,1-2,9-10H2,(H,21,24). The molecule has 7 heteroatoms. The number of amides is 1. The van der Waals surface area contributed by atoms with Crippen molar-refractivity contribution in [3.05, 3.63) is 54.6 Å². The number of carbonyl (C=O) groups excluding carboxylic acids is 1.